The maximum atomic E-state index is 14.1. The lowest BCUT2D eigenvalue weighted by Crippen LogP contribution is -2.50. The molecule has 0 amide bonds. The van der Waals surface area contributed by atoms with Gasteiger partial charge in [0.2, 0.25) is 0 Å². The van der Waals surface area contributed by atoms with Crippen LogP contribution in [0, 0.1) is 30.1 Å². The predicted molar refractivity (Wildman–Crippen MR) is 187 cm³/mol. The van der Waals surface area contributed by atoms with E-state index < -0.39 is 49.4 Å². The molecule has 10 heteroatoms. The molecule has 0 aliphatic carbocycles. The van der Waals surface area contributed by atoms with Crippen LogP contribution in [0.2, 0.25) is 18.1 Å². The number of esters is 1. The van der Waals surface area contributed by atoms with Gasteiger partial charge in [-0.15, -0.1) is 24.5 Å². The number of thiazole rings is 1. The molecule has 5 nitrogen and oxygen atoms in total. The van der Waals surface area contributed by atoms with Crippen LogP contribution in [0.3, 0.4) is 0 Å². The first-order valence-corrected chi connectivity index (χ1v) is 19.7. The lowest BCUT2D eigenvalue weighted by atomic mass is 9.69. The second-order valence-electron chi connectivity index (χ2n) is 14.5. The van der Waals surface area contributed by atoms with E-state index in [1.54, 1.807) is 13.0 Å². The molecule has 0 saturated carbocycles. The summed E-state index contributed by atoms with van der Waals surface area (Å²) in [6, 6.07) is 0. The SMILES string of the molecule is C=CC/C(=C\CC(OC(=O)C[C@H](C)C(C)(C)C(=O)C(C)[C@@H](O[Si](C)(C)C(C)(C)C)[C@@H](C)C=C)/C(C)=C/c1csc(C)n1)C(F)(F)F. The summed E-state index contributed by atoms with van der Waals surface area (Å²) in [5, 5.41) is 2.62. The van der Waals surface area contributed by atoms with Crippen LogP contribution in [0.4, 0.5) is 13.2 Å². The van der Waals surface area contributed by atoms with Gasteiger partial charge in [0.15, 0.2) is 8.32 Å². The molecule has 0 fully saturated rings. The Morgan fingerprint density at radius 3 is 2.13 bits per heavy atom. The molecule has 46 heavy (non-hydrogen) atoms. The molecular formula is C36H56F3NO4SSi. The van der Waals surface area contributed by atoms with E-state index in [0.29, 0.717) is 11.3 Å². The van der Waals surface area contributed by atoms with Gasteiger partial charge in [-0.3, -0.25) is 9.59 Å². The van der Waals surface area contributed by atoms with Gasteiger partial charge in [-0.05, 0) is 61.9 Å². The lowest BCUT2D eigenvalue weighted by molar-refractivity contribution is -0.150. The third kappa shape index (κ3) is 11.7. The van der Waals surface area contributed by atoms with Crippen molar-refractivity contribution in [2.24, 2.45) is 23.2 Å². The average molecular weight is 684 g/mol. The monoisotopic (exact) mass is 683 g/mol. The van der Waals surface area contributed by atoms with Crippen LogP contribution in [0.1, 0.15) is 92.3 Å². The van der Waals surface area contributed by atoms with Gasteiger partial charge in [-0.25, -0.2) is 4.98 Å². The lowest BCUT2D eigenvalue weighted by Gasteiger charge is -2.43. The first-order valence-electron chi connectivity index (χ1n) is 15.9. The molecule has 1 aromatic rings. The van der Waals surface area contributed by atoms with Crippen molar-refractivity contribution in [3.05, 3.63) is 58.6 Å². The third-order valence-electron chi connectivity index (χ3n) is 9.47. The number of ketones is 1. The molecule has 0 radical (unpaired) electrons. The molecule has 1 rings (SSSR count). The molecule has 0 spiro atoms. The largest absolute Gasteiger partial charge is 0.457 e. The van der Waals surface area contributed by atoms with Crippen molar-refractivity contribution in [2.75, 3.05) is 0 Å². The number of ether oxygens (including phenoxy) is 1. The van der Waals surface area contributed by atoms with Crippen LogP contribution in [0.25, 0.3) is 6.08 Å². The van der Waals surface area contributed by atoms with Crippen molar-refractivity contribution in [2.45, 2.75) is 125 Å². The van der Waals surface area contributed by atoms with Crippen molar-refractivity contribution in [1.82, 2.24) is 4.98 Å². The fourth-order valence-electron chi connectivity index (χ4n) is 4.83. The summed E-state index contributed by atoms with van der Waals surface area (Å²) >= 11 is 1.45. The van der Waals surface area contributed by atoms with Crippen LogP contribution in [-0.4, -0.2) is 43.4 Å². The number of Topliss-reactive ketones (excluding diaryl/α,β-unsaturated/α-hetero) is 1. The van der Waals surface area contributed by atoms with Crippen molar-refractivity contribution in [1.29, 1.82) is 0 Å². The van der Waals surface area contributed by atoms with Gasteiger partial charge >= 0.3 is 12.1 Å². The molecule has 1 heterocycles. The van der Waals surface area contributed by atoms with Crippen LogP contribution < -0.4 is 0 Å². The highest BCUT2D eigenvalue weighted by atomic mass is 32.1. The normalized spacial score (nSPS) is 17.1. The zero-order chi connectivity index (χ0) is 35.8. The number of rotatable bonds is 17. The number of carbonyl (C=O) groups excluding carboxylic acids is 2. The molecule has 5 atom stereocenters. The maximum absolute atomic E-state index is 14.1. The van der Waals surface area contributed by atoms with Crippen molar-refractivity contribution in [3.8, 4) is 0 Å². The van der Waals surface area contributed by atoms with E-state index in [4.69, 9.17) is 9.16 Å². The summed E-state index contributed by atoms with van der Waals surface area (Å²) in [4.78, 5) is 31.8. The van der Waals surface area contributed by atoms with Gasteiger partial charge in [0.1, 0.15) is 11.9 Å². The van der Waals surface area contributed by atoms with Crippen molar-refractivity contribution < 1.29 is 31.9 Å². The van der Waals surface area contributed by atoms with E-state index >= 15 is 0 Å². The van der Waals surface area contributed by atoms with Gasteiger partial charge in [-0.1, -0.05) is 73.6 Å². The number of allylic oxidation sites excluding steroid dienone is 2. The summed E-state index contributed by atoms with van der Waals surface area (Å²) in [7, 11) is -2.22. The van der Waals surface area contributed by atoms with E-state index in [9.17, 15) is 22.8 Å². The zero-order valence-corrected chi connectivity index (χ0v) is 31.7. The molecule has 0 saturated heterocycles. The standard InChI is InChI=1S/C36H56F3NO4SSi/c1-15-17-28(36(37,38)39)18-19-30(24(4)20-29-22-45-27(7)40-29)43-31(41)21-25(5)35(11,12)33(42)26(6)32(23(3)16-2)44-46(13,14)34(8,9)10/h15-16,18,20,22-23,25-26,30,32H,1-2,17,19,21H2,3-14H3/b24-20+,28-18+/t23-,25-,26?,30?,32-/m0/s1. The molecule has 260 valence electrons. The molecule has 0 bridgehead atoms. The van der Waals surface area contributed by atoms with E-state index in [-0.39, 0.29) is 42.1 Å². The number of carbonyl (C=O) groups is 2. The Morgan fingerprint density at radius 2 is 1.67 bits per heavy atom. The summed E-state index contributed by atoms with van der Waals surface area (Å²) in [5.74, 6) is -1.58. The maximum Gasteiger partial charge on any atom is 0.412 e. The smallest absolute Gasteiger partial charge is 0.412 e. The highest BCUT2D eigenvalue weighted by molar-refractivity contribution is 7.09. The summed E-state index contributed by atoms with van der Waals surface area (Å²) in [6.07, 6.45) is -0.669. The highest BCUT2D eigenvalue weighted by Gasteiger charge is 2.46. The topological polar surface area (TPSA) is 65.5 Å². The number of nitrogens with zero attached hydrogens (tertiary/aromatic N) is 1. The Kier molecular flexibility index (Phi) is 15.1. The van der Waals surface area contributed by atoms with Gasteiger partial charge in [0.05, 0.1) is 16.8 Å². The zero-order valence-electron chi connectivity index (χ0n) is 29.9. The summed E-state index contributed by atoms with van der Waals surface area (Å²) < 4.78 is 53.4. The van der Waals surface area contributed by atoms with Gasteiger partial charge in [0, 0.05) is 35.1 Å². The summed E-state index contributed by atoms with van der Waals surface area (Å²) in [5.41, 5.74) is -0.460. The van der Waals surface area contributed by atoms with E-state index in [1.807, 2.05) is 53.0 Å². The number of aromatic nitrogens is 1. The minimum absolute atomic E-state index is 0.0288. The van der Waals surface area contributed by atoms with Crippen molar-refractivity contribution in [3.63, 3.8) is 0 Å². The number of hydrogen-bond acceptors (Lipinski definition) is 6. The summed E-state index contributed by atoms with van der Waals surface area (Å²) in [6.45, 7) is 31.1. The molecule has 0 aromatic carbocycles. The van der Waals surface area contributed by atoms with Crippen molar-refractivity contribution >= 4 is 37.5 Å². The average Bonchev–Trinajstić information content (AvgIpc) is 3.34. The predicted octanol–water partition coefficient (Wildman–Crippen LogP) is 10.7. The minimum atomic E-state index is -4.53. The molecule has 1 aromatic heterocycles. The first-order chi connectivity index (χ1) is 20.9. The Labute approximate surface area is 280 Å². The molecule has 0 aliphatic rings. The number of aryl methyl sites for hydroxylation is 1. The third-order valence-corrected chi connectivity index (χ3v) is 14.7. The first kappa shape index (κ1) is 41.7. The molecular weight excluding hydrogens is 628 g/mol. The minimum Gasteiger partial charge on any atom is -0.457 e. The van der Waals surface area contributed by atoms with Crippen LogP contribution in [0.5, 0.6) is 0 Å². The highest BCUT2D eigenvalue weighted by Crippen LogP contribution is 2.41. The van der Waals surface area contributed by atoms with E-state index in [0.717, 1.165) is 11.1 Å². The molecule has 0 N–H and O–H groups in total. The van der Waals surface area contributed by atoms with Crippen LogP contribution in [0.15, 0.2) is 47.9 Å². The Morgan fingerprint density at radius 1 is 1.09 bits per heavy atom. The quantitative estimate of drug-likeness (QED) is 0.0929. The number of halogens is 3. The molecule has 0 aliphatic heterocycles. The fourth-order valence-corrected chi connectivity index (χ4v) is 6.85. The van der Waals surface area contributed by atoms with Crippen LogP contribution in [-0.2, 0) is 18.8 Å². The Hall–Kier alpha value is -2.30. The Bertz CT molecular complexity index is 1270. The van der Waals surface area contributed by atoms with Gasteiger partial charge in [0.25, 0.3) is 0 Å². The van der Waals surface area contributed by atoms with E-state index in [1.165, 1.54) is 17.4 Å². The van der Waals surface area contributed by atoms with Gasteiger partial charge in [-0.2, -0.15) is 13.2 Å². The second kappa shape index (κ2) is 16.7. The van der Waals surface area contributed by atoms with Crippen LogP contribution >= 0.6 is 11.3 Å². The number of alkyl halides is 3. The second-order valence-corrected chi connectivity index (χ2v) is 20.3. The molecule has 2 unspecified atom stereocenters. The number of hydrogen-bond donors (Lipinski definition) is 0. The fraction of sp³-hybridized carbons (Fsp3) is 0.639. The Balaban J connectivity index is 3.27. The van der Waals surface area contributed by atoms with E-state index in [2.05, 4.69) is 52.0 Å². The van der Waals surface area contributed by atoms with Gasteiger partial charge < -0.3 is 9.16 Å².